The highest BCUT2D eigenvalue weighted by Crippen LogP contribution is 2.45. The second-order valence-corrected chi connectivity index (χ2v) is 12.8. The molecular formula is C42H29N3S. The van der Waals surface area contributed by atoms with Gasteiger partial charge in [-0.05, 0) is 73.7 Å². The molecule has 0 bridgehead atoms. The summed E-state index contributed by atoms with van der Waals surface area (Å²) >= 11 is 1.85. The lowest BCUT2D eigenvalue weighted by Gasteiger charge is -2.27. The van der Waals surface area contributed by atoms with Gasteiger partial charge in [-0.15, -0.1) is 11.3 Å². The molecule has 46 heavy (non-hydrogen) atoms. The normalized spacial score (nSPS) is 11.6. The monoisotopic (exact) mass is 607 g/mol. The molecular weight excluding hydrogens is 579 g/mol. The third-order valence-electron chi connectivity index (χ3n) is 8.86. The molecule has 4 heteroatoms. The molecule has 3 aromatic heterocycles. The molecule has 9 rings (SSSR count). The number of aryl methyl sites for hydroxylation is 1. The summed E-state index contributed by atoms with van der Waals surface area (Å²) < 4.78 is 4.92. The number of pyridine rings is 1. The van der Waals surface area contributed by atoms with E-state index in [2.05, 4.69) is 168 Å². The fraction of sp³-hybridized carbons (Fsp3) is 0.0238. The molecule has 0 unspecified atom stereocenters. The molecule has 0 aliphatic heterocycles. The molecule has 6 aromatic carbocycles. The zero-order chi connectivity index (χ0) is 30.6. The zero-order valence-corrected chi connectivity index (χ0v) is 26.1. The molecule has 3 nitrogen and oxygen atoms in total. The number of rotatable bonds is 5. The first-order chi connectivity index (χ1) is 22.7. The van der Waals surface area contributed by atoms with E-state index in [0.29, 0.717) is 0 Å². The average molecular weight is 608 g/mol. The van der Waals surface area contributed by atoms with Crippen LogP contribution in [0.4, 0.5) is 17.1 Å². The van der Waals surface area contributed by atoms with Crippen molar-refractivity contribution in [2.45, 2.75) is 6.92 Å². The number of para-hydroxylation sites is 1. The van der Waals surface area contributed by atoms with Gasteiger partial charge < -0.3 is 4.90 Å². The first-order valence-corrected chi connectivity index (χ1v) is 16.4. The standard InChI is InChI=1S/C42H29N3S/c1-28-21-23-30(24-22-28)44(31-25-26-40-34(27-31)32-13-6-8-19-39(32)46-40)37-17-10-18-38-42(37)33-14-5-7-16-36(33)45(38)41-20-9-15-35(43-41)29-11-3-2-4-12-29/h2-27H,1H3. The van der Waals surface area contributed by atoms with Crippen LogP contribution in [0.2, 0.25) is 0 Å². The third kappa shape index (κ3) is 4.30. The van der Waals surface area contributed by atoms with Crippen LogP contribution in [0.25, 0.3) is 59.1 Å². The maximum absolute atomic E-state index is 5.19. The van der Waals surface area contributed by atoms with Gasteiger partial charge in [0.05, 0.1) is 22.4 Å². The Morgan fingerprint density at radius 2 is 1.24 bits per heavy atom. The quantitative estimate of drug-likeness (QED) is 0.194. The van der Waals surface area contributed by atoms with Crippen LogP contribution in [0.1, 0.15) is 5.56 Å². The minimum atomic E-state index is 0.901. The van der Waals surface area contributed by atoms with Gasteiger partial charge in [-0.25, -0.2) is 4.98 Å². The van der Waals surface area contributed by atoms with Crippen molar-refractivity contribution < 1.29 is 0 Å². The Kier molecular flexibility index (Phi) is 6.22. The lowest BCUT2D eigenvalue weighted by Crippen LogP contribution is -2.10. The van der Waals surface area contributed by atoms with Crippen molar-refractivity contribution in [3.8, 4) is 17.1 Å². The van der Waals surface area contributed by atoms with Crippen molar-refractivity contribution in [3.05, 3.63) is 163 Å². The molecule has 0 spiro atoms. The van der Waals surface area contributed by atoms with Crippen molar-refractivity contribution in [1.29, 1.82) is 0 Å². The lowest BCUT2D eigenvalue weighted by molar-refractivity contribution is 1.08. The molecule has 0 atom stereocenters. The third-order valence-corrected chi connectivity index (χ3v) is 10.0. The Balaban J connectivity index is 1.32. The summed E-state index contributed by atoms with van der Waals surface area (Å²) in [5.74, 6) is 0.901. The van der Waals surface area contributed by atoms with Gasteiger partial charge in [-0.3, -0.25) is 4.57 Å². The van der Waals surface area contributed by atoms with Crippen LogP contribution in [0.3, 0.4) is 0 Å². The van der Waals surface area contributed by atoms with Crippen LogP contribution in [-0.2, 0) is 0 Å². The Hall–Kier alpha value is -5.71. The van der Waals surface area contributed by atoms with E-state index in [4.69, 9.17) is 4.98 Å². The van der Waals surface area contributed by atoms with Gasteiger partial charge in [0.15, 0.2) is 0 Å². The fourth-order valence-corrected chi connectivity index (χ4v) is 7.81. The smallest absolute Gasteiger partial charge is 0.138 e. The van der Waals surface area contributed by atoms with Crippen molar-refractivity contribution >= 4 is 70.4 Å². The topological polar surface area (TPSA) is 21.1 Å². The van der Waals surface area contributed by atoms with E-state index in [1.807, 2.05) is 17.4 Å². The molecule has 0 aliphatic rings. The fourth-order valence-electron chi connectivity index (χ4n) is 6.73. The highest BCUT2D eigenvalue weighted by atomic mass is 32.1. The van der Waals surface area contributed by atoms with E-state index < -0.39 is 0 Å². The van der Waals surface area contributed by atoms with Gasteiger partial charge in [-0.2, -0.15) is 0 Å². The average Bonchev–Trinajstić information content (AvgIpc) is 3.66. The summed E-state index contributed by atoms with van der Waals surface area (Å²) in [5.41, 5.74) is 8.94. The van der Waals surface area contributed by atoms with E-state index in [1.165, 1.54) is 36.5 Å². The highest BCUT2D eigenvalue weighted by Gasteiger charge is 2.22. The predicted molar refractivity (Wildman–Crippen MR) is 196 cm³/mol. The Morgan fingerprint density at radius 3 is 2.11 bits per heavy atom. The molecule has 0 amide bonds. The number of benzene rings is 6. The molecule has 218 valence electrons. The van der Waals surface area contributed by atoms with E-state index in [1.54, 1.807) is 0 Å². The molecule has 0 radical (unpaired) electrons. The molecule has 0 aliphatic carbocycles. The van der Waals surface area contributed by atoms with Crippen LogP contribution < -0.4 is 4.90 Å². The lowest BCUT2D eigenvalue weighted by atomic mass is 10.1. The Morgan fingerprint density at radius 1 is 0.543 bits per heavy atom. The van der Waals surface area contributed by atoms with E-state index >= 15 is 0 Å². The SMILES string of the molecule is Cc1ccc(N(c2ccc3sc4ccccc4c3c2)c2cccc3c2c2ccccc2n3-c2cccc(-c3ccccc3)n2)cc1. The summed E-state index contributed by atoms with van der Waals surface area (Å²) in [5, 5.41) is 4.97. The second-order valence-electron chi connectivity index (χ2n) is 11.7. The van der Waals surface area contributed by atoms with Crippen LogP contribution in [0.5, 0.6) is 0 Å². The molecule has 0 saturated heterocycles. The van der Waals surface area contributed by atoms with Crippen LogP contribution >= 0.6 is 11.3 Å². The van der Waals surface area contributed by atoms with Gasteiger partial charge in [0.2, 0.25) is 0 Å². The molecule has 0 fully saturated rings. The van der Waals surface area contributed by atoms with Gasteiger partial charge in [0.25, 0.3) is 0 Å². The summed E-state index contributed by atoms with van der Waals surface area (Å²) in [4.78, 5) is 7.61. The minimum absolute atomic E-state index is 0.901. The van der Waals surface area contributed by atoms with E-state index in [9.17, 15) is 0 Å². The number of thiophene rings is 1. The van der Waals surface area contributed by atoms with Gasteiger partial charge >= 0.3 is 0 Å². The highest BCUT2D eigenvalue weighted by molar-refractivity contribution is 7.25. The number of anilines is 3. The summed E-state index contributed by atoms with van der Waals surface area (Å²) in [6.45, 7) is 2.14. The van der Waals surface area contributed by atoms with Crippen molar-refractivity contribution in [2.24, 2.45) is 0 Å². The maximum Gasteiger partial charge on any atom is 0.138 e. The number of hydrogen-bond acceptors (Lipinski definition) is 3. The number of aromatic nitrogens is 2. The summed E-state index contributed by atoms with van der Waals surface area (Å²) in [6.07, 6.45) is 0. The molecule has 0 N–H and O–H groups in total. The molecule has 0 saturated carbocycles. The summed E-state index contributed by atoms with van der Waals surface area (Å²) in [7, 11) is 0. The zero-order valence-electron chi connectivity index (χ0n) is 25.3. The molecule has 9 aromatic rings. The summed E-state index contributed by atoms with van der Waals surface area (Å²) in [6, 6.07) is 56.5. The van der Waals surface area contributed by atoms with E-state index in [0.717, 1.165) is 45.2 Å². The predicted octanol–water partition coefficient (Wildman–Crippen LogP) is 12.0. The maximum atomic E-state index is 5.19. The van der Waals surface area contributed by atoms with Gasteiger partial charge in [-0.1, -0.05) is 96.6 Å². The number of hydrogen-bond donors (Lipinski definition) is 0. The Bertz CT molecular complexity index is 2540. The van der Waals surface area contributed by atoms with Crippen molar-refractivity contribution in [2.75, 3.05) is 4.90 Å². The minimum Gasteiger partial charge on any atom is -0.310 e. The van der Waals surface area contributed by atoms with Crippen LogP contribution in [0, 0.1) is 6.92 Å². The van der Waals surface area contributed by atoms with Crippen LogP contribution in [0.15, 0.2) is 158 Å². The Labute approximate surface area is 271 Å². The second kappa shape index (κ2) is 10.7. The van der Waals surface area contributed by atoms with Crippen molar-refractivity contribution in [3.63, 3.8) is 0 Å². The number of fused-ring (bicyclic) bond motifs is 6. The largest absolute Gasteiger partial charge is 0.310 e. The number of nitrogens with zero attached hydrogens (tertiary/aromatic N) is 3. The van der Waals surface area contributed by atoms with Gasteiger partial charge in [0.1, 0.15) is 5.82 Å². The van der Waals surface area contributed by atoms with Crippen LogP contribution in [-0.4, -0.2) is 9.55 Å². The first kappa shape index (κ1) is 26.7. The first-order valence-electron chi connectivity index (χ1n) is 15.6. The van der Waals surface area contributed by atoms with E-state index in [-0.39, 0.29) is 0 Å². The van der Waals surface area contributed by atoms with Crippen molar-refractivity contribution in [1.82, 2.24) is 9.55 Å². The van der Waals surface area contributed by atoms with Gasteiger partial charge in [0, 0.05) is 47.9 Å². The molecule has 3 heterocycles.